The van der Waals surface area contributed by atoms with E-state index in [0.29, 0.717) is 12.2 Å². The molecule has 0 radical (unpaired) electrons. The summed E-state index contributed by atoms with van der Waals surface area (Å²) < 4.78 is 6.83. The minimum absolute atomic E-state index is 0.286. The van der Waals surface area contributed by atoms with Crippen LogP contribution in [0.1, 0.15) is 21.5 Å². The normalized spacial score (nSPS) is 10.7. The number of ether oxygens (including phenoxy) is 1. The number of hydrogen-bond acceptors (Lipinski definition) is 4. The lowest BCUT2D eigenvalue weighted by Gasteiger charge is -2.07. The molecule has 3 aromatic rings. The number of nitrogens with one attached hydrogen (secondary N) is 1. The van der Waals surface area contributed by atoms with E-state index in [0.717, 1.165) is 21.3 Å². The van der Waals surface area contributed by atoms with E-state index in [9.17, 15) is 4.79 Å². The standard InChI is InChI=1S/C20H16BrN3O2/c21-18-6-4-15(5-7-18)14-26-19-3-1-2-16(12-19)13-23-24-20(25)17-8-10-22-11-9-17/h1-13H,14H2,(H,24,25)/b23-13-. The molecular formula is C20H16BrN3O2. The van der Waals surface area contributed by atoms with Gasteiger partial charge in [-0.15, -0.1) is 0 Å². The second-order valence-electron chi connectivity index (χ2n) is 5.42. The summed E-state index contributed by atoms with van der Waals surface area (Å²) in [5.74, 6) is 0.448. The fraction of sp³-hybridized carbons (Fsp3) is 0.0500. The maximum absolute atomic E-state index is 11.9. The van der Waals surface area contributed by atoms with E-state index in [1.54, 1.807) is 30.7 Å². The maximum atomic E-state index is 11.9. The highest BCUT2D eigenvalue weighted by atomic mass is 79.9. The van der Waals surface area contributed by atoms with Crippen molar-refractivity contribution in [1.82, 2.24) is 10.4 Å². The van der Waals surface area contributed by atoms with Crippen LogP contribution in [-0.2, 0) is 6.61 Å². The second kappa shape index (κ2) is 8.92. The molecule has 0 unspecified atom stereocenters. The highest BCUT2D eigenvalue weighted by Crippen LogP contribution is 2.16. The number of pyridine rings is 1. The SMILES string of the molecule is O=C(N/N=C\c1cccc(OCc2ccc(Br)cc2)c1)c1ccncc1. The molecule has 1 heterocycles. The molecular weight excluding hydrogens is 394 g/mol. The number of aromatic nitrogens is 1. The van der Waals surface area contributed by atoms with Crippen molar-refractivity contribution in [2.24, 2.45) is 5.10 Å². The molecule has 1 aromatic heterocycles. The van der Waals surface area contributed by atoms with E-state index in [4.69, 9.17) is 4.74 Å². The van der Waals surface area contributed by atoms with E-state index in [1.165, 1.54) is 0 Å². The van der Waals surface area contributed by atoms with E-state index in [1.807, 2.05) is 48.5 Å². The van der Waals surface area contributed by atoms with Crippen LogP contribution in [0.5, 0.6) is 5.75 Å². The van der Waals surface area contributed by atoms with Crippen LogP contribution >= 0.6 is 15.9 Å². The highest BCUT2D eigenvalue weighted by Gasteiger charge is 2.02. The summed E-state index contributed by atoms with van der Waals surface area (Å²) in [4.78, 5) is 15.8. The van der Waals surface area contributed by atoms with Gasteiger partial charge in [0.25, 0.3) is 5.91 Å². The Hall–Kier alpha value is -2.99. The van der Waals surface area contributed by atoms with Gasteiger partial charge in [-0.1, -0.05) is 40.2 Å². The Morgan fingerprint density at radius 1 is 1.12 bits per heavy atom. The van der Waals surface area contributed by atoms with Crippen molar-refractivity contribution in [3.8, 4) is 5.75 Å². The molecule has 26 heavy (non-hydrogen) atoms. The van der Waals surface area contributed by atoms with E-state index < -0.39 is 0 Å². The number of amides is 1. The number of carbonyl (C=O) groups is 1. The maximum Gasteiger partial charge on any atom is 0.271 e. The molecule has 0 aliphatic carbocycles. The Labute approximate surface area is 159 Å². The average Bonchev–Trinajstić information content (AvgIpc) is 2.68. The smallest absolute Gasteiger partial charge is 0.271 e. The predicted octanol–water partition coefficient (Wildman–Crippen LogP) is 4.19. The van der Waals surface area contributed by atoms with Gasteiger partial charge in [-0.25, -0.2) is 5.43 Å². The Bertz CT molecular complexity index is 896. The molecule has 130 valence electrons. The molecule has 3 rings (SSSR count). The van der Waals surface area contributed by atoms with Crippen LogP contribution in [0.25, 0.3) is 0 Å². The summed E-state index contributed by atoms with van der Waals surface area (Å²) in [6.07, 6.45) is 4.70. The Morgan fingerprint density at radius 3 is 2.65 bits per heavy atom. The molecule has 0 saturated heterocycles. The zero-order chi connectivity index (χ0) is 18.2. The van der Waals surface area contributed by atoms with Crippen molar-refractivity contribution in [2.45, 2.75) is 6.61 Å². The minimum Gasteiger partial charge on any atom is -0.489 e. The van der Waals surface area contributed by atoms with Crippen LogP contribution in [0.4, 0.5) is 0 Å². The molecule has 2 aromatic carbocycles. The highest BCUT2D eigenvalue weighted by molar-refractivity contribution is 9.10. The first-order valence-corrected chi connectivity index (χ1v) is 8.71. The van der Waals surface area contributed by atoms with Crippen LogP contribution < -0.4 is 10.2 Å². The van der Waals surface area contributed by atoms with E-state index in [2.05, 4.69) is 31.4 Å². The van der Waals surface area contributed by atoms with Gasteiger partial charge in [-0.05, 0) is 47.5 Å². The van der Waals surface area contributed by atoms with Gasteiger partial charge in [-0.2, -0.15) is 5.10 Å². The van der Waals surface area contributed by atoms with Gasteiger partial charge in [0.1, 0.15) is 12.4 Å². The third-order valence-electron chi connectivity index (χ3n) is 3.50. The molecule has 0 aliphatic heterocycles. The molecule has 0 atom stereocenters. The van der Waals surface area contributed by atoms with Crippen molar-refractivity contribution >= 4 is 28.1 Å². The van der Waals surface area contributed by atoms with Crippen molar-refractivity contribution in [2.75, 3.05) is 0 Å². The van der Waals surface area contributed by atoms with Crippen LogP contribution in [0.2, 0.25) is 0 Å². The molecule has 6 heteroatoms. The zero-order valence-corrected chi connectivity index (χ0v) is 15.4. The van der Waals surface area contributed by atoms with Crippen molar-refractivity contribution in [3.63, 3.8) is 0 Å². The molecule has 0 fully saturated rings. The minimum atomic E-state index is -0.286. The predicted molar refractivity (Wildman–Crippen MR) is 104 cm³/mol. The van der Waals surface area contributed by atoms with Crippen molar-refractivity contribution < 1.29 is 9.53 Å². The Balaban J connectivity index is 1.56. The quantitative estimate of drug-likeness (QED) is 0.490. The van der Waals surface area contributed by atoms with Gasteiger partial charge in [0, 0.05) is 22.4 Å². The summed E-state index contributed by atoms with van der Waals surface area (Å²) in [6.45, 7) is 0.479. The van der Waals surface area contributed by atoms with Gasteiger partial charge in [0.05, 0.1) is 6.21 Å². The Morgan fingerprint density at radius 2 is 1.88 bits per heavy atom. The topological polar surface area (TPSA) is 63.6 Å². The molecule has 1 N–H and O–H groups in total. The lowest BCUT2D eigenvalue weighted by Crippen LogP contribution is -2.17. The fourth-order valence-electron chi connectivity index (χ4n) is 2.17. The van der Waals surface area contributed by atoms with Crippen LogP contribution in [0, 0.1) is 0 Å². The van der Waals surface area contributed by atoms with E-state index in [-0.39, 0.29) is 5.91 Å². The van der Waals surface area contributed by atoms with Crippen LogP contribution in [0.3, 0.4) is 0 Å². The number of carbonyl (C=O) groups excluding carboxylic acids is 1. The van der Waals surface area contributed by atoms with Gasteiger partial charge in [0.2, 0.25) is 0 Å². The van der Waals surface area contributed by atoms with Gasteiger partial charge < -0.3 is 4.74 Å². The number of rotatable bonds is 6. The number of benzene rings is 2. The molecule has 0 saturated carbocycles. The molecule has 0 bridgehead atoms. The first-order chi connectivity index (χ1) is 12.7. The Kier molecular flexibility index (Phi) is 6.11. The van der Waals surface area contributed by atoms with Crippen molar-refractivity contribution in [3.05, 3.63) is 94.2 Å². The first-order valence-electron chi connectivity index (χ1n) is 7.91. The summed E-state index contributed by atoms with van der Waals surface area (Å²) in [5, 5.41) is 3.98. The lowest BCUT2D eigenvalue weighted by atomic mass is 10.2. The fourth-order valence-corrected chi connectivity index (χ4v) is 2.43. The van der Waals surface area contributed by atoms with Gasteiger partial charge in [-0.3, -0.25) is 9.78 Å². The number of halogens is 1. The van der Waals surface area contributed by atoms with Crippen LogP contribution in [-0.4, -0.2) is 17.1 Å². The average molecular weight is 410 g/mol. The van der Waals surface area contributed by atoms with Gasteiger partial charge in [0.15, 0.2) is 0 Å². The summed E-state index contributed by atoms with van der Waals surface area (Å²) >= 11 is 3.41. The number of hydrogen-bond donors (Lipinski definition) is 1. The number of hydrazone groups is 1. The number of nitrogens with zero attached hydrogens (tertiary/aromatic N) is 2. The third kappa shape index (κ3) is 5.26. The summed E-state index contributed by atoms with van der Waals surface area (Å²) in [5.41, 5.74) is 4.90. The lowest BCUT2D eigenvalue weighted by molar-refractivity contribution is 0.0955. The van der Waals surface area contributed by atoms with Crippen LogP contribution in [0.15, 0.2) is 82.6 Å². The second-order valence-corrected chi connectivity index (χ2v) is 6.34. The molecule has 0 aliphatic rings. The molecule has 5 nitrogen and oxygen atoms in total. The summed E-state index contributed by atoms with van der Waals surface area (Å²) in [6, 6.07) is 18.7. The molecule has 0 spiro atoms. The van der Waals surface area contributed by atoms with E-state index >= 15 is 0 Å². The van der Waals surface area contributed by atoms with Crippen molar-refractivity contribution in [1.29, 1.82) is 0 Å². The largest absolute Gasteiger partial charge is 0.489 e. The first kappa shape index (κ1) is 17.8. The molecule has 1 amide bonds. The monoisotopic (exact) mass is 409 g/mol. The zero-order valence-electron chi connectivity index (χ0n) is 13.8. The third-order valence-corrected chi connectivity index (χ3v) is 4.03. The van der Waals surface area contributed by atoms with Gasteiger partial charge >= 0.3 is 0 Å². The summed E-state index contributed by atoms with van der Waals surface area (Å²) in [7, 11) is 0.